The van der Waals surface area contributed by atoms with Crippen molar-refractivity contribution in [2.24, 2.45) is 10.7 Å². The maximum atomic E-state index is 12.5. The van der Waals surface area contributed by atoms with Crippen molar-refractivity contribution in [3.8, 4) is 5.82 Å². The average molecular weight is 454 g/mol. The van der Waals surface area contributed by atoms with E-state index in [4.69, 9.17) is 17.3 Å². The summed E-state index contributed by atoms with van der Waals surface area (Å²) >= 11 is 6.33. The molecular weight excluding hydrogens is 426 g/mol. The second-order valence-electron chi connectivity index (χ2n) is 7.50. The van der Waals surface area contributed by atoms with Crippen LogP contribution in [0, 0.1) is 13.8 Å². The Morgan fingerprint density at radius 1 is 1.28 bits per heavy atom. The van der Waals surface area contributed by atoms with Gasteiger partial charge in [-0.1, -0.05) is 18.5 Å². The van der Waals surface area contributed by atoms with Gasteiger partial charge >= 0.3 is 0 Å². The SMILES string of the molecule is CC/C(C)=N\c1cc(C)c(NCc2cc(C)nn2-c2ncccc2Cl)c(C(N)=O)c1NC. The Kier molecular flexibility index (Phi) is 7.15. The highest BCUT2D eigenvalue weighted by molar-refractivity contribution is 6.32. The Morgan fingerprint density at radius 2 is 2.03 bits per heavy atom. The van der Waals surface area contributed by atoms with Gasteiger partial charge in [-0.3, -0.25) is 9.79 Å². The van der Waals surface area contributed by atoms with Crippen molar-refractivity contribution < 1.29 is 4.79 Å². The van der Waals surface area contributed by atoms with Crippen LogP contribution in [0.1, 0.15) is 47.6 Å². The molecule has 0 spiro atoms. The standard InChI is InChI=1S/C23H28ClN7O/c1-6-14(3)29-18-10-13(2)20(19(22(25)32)21(18)26-5)28-12-16-11-15(4)30-31(16)23-17(24)8-7-9-27-23/h7-11,26,28H,6,12H2,1-5H3,(H2,25,32)/b29-14-. The summed E-state index contributed by atoms with van der Waals surface area (Å²) in [5, 5.41) is 11.5. The van der Waals surface area contributed by atoms with E-state index in [1.165, 1.54) is 0 Å². The van der Waals surface area contributed by atoms with Gasteiger partial charge in [-0.25, -0.2) is 9.67 Å². The molecule has 0 atom stereocenters. The molecule has 0 aliphatic heterocycles. The van der Waals surface area contributed by atoms with E-state index in [9.17, 15) is 4.79 Å². The van der Waals surface area contributed by atoms with Crippen molar-refractivity contribution >= 4 is 40.3 Å². The lowest BCUT2D eigenvalue weighted by Gasteiger charge is -2.19. The number of primary amides is 1. The molecule has 0 radical (unpaired) electrons. The summed E-state index contributed by atoms with van der Waals surface area (Å²) < 4.78 is 1.70. The first kappa shape index (κ1) is 23.3. The first-order valence-electron chi connectivity index (χ1n) is 10.4. The predicted octanol–water partition coefficient (Wildman–Crippen LogP) is 4.79. The molecule has 2 aromatic heterocycles. The van der Waals surface area contributed by atoms with Crippen molar-refractivity contribution in [2.45, 2.75) is 40.7 Å². The third-order valence-corrected chi connectivity index (χ3v) is 5.41. The number of carbonyl (C=O) groups is 1. The number of pyridine rings is 1. The molecule has 168 valence electrons. The molecule has 9 heteroatoms. The minimum absolute atomic E-state index is 0.369. The third-order valence-electron chi connectivity index (χ3n) is 5.11. The highest BCUT2D eigenvalue weighted by Crippen LogP contribution is 2.37. The van der Waals surface area contributed by atoms with Crippen LogP contribution >= 0.6 is 11.6 Å². The molecule has 4 N–H and O–H groups in total. The van der Waals surface area contributed by atoms with E-state index in [-0.39, 0.29) is 0 Å². The Morgan fingerprint density at radius 3 is 2.66 bits per heavy atom. The van der Waals surface area contributed by atoms with Crippen LogP contribution in [-0.4, -0.2) is 33.4 Å². The van der Waals surface area contributed by atoms with Crippen LogP contribution in [0.4, 0.5) is 17.1 Å². The summed E-state index contributed by atoms with van der Waals surface area (Å²) in [6, 6.07) is 7.42. The molecular formula is C23H28ClN7O. The molecule has 2 heterocycles. The number of aryl methyl sites for hydroxylation is 2. The van der Waals surface area contributed by atoms with Crippen LogP contribution < -0.4 is 16.4 Å². The van der Waals surface area contributed by atoms with Crippen LogP contribution in [0.5, 0.6) is 0 Å². The number of carbonyl (C=O) groups excluding carboxylic acids is 1. The Hall–Kier alpha value is -3.39. The van der Waals surface area contributed by atoms with Gasteiger partial charge in [0, 0.05) is 19.0 Å². The Bertz CT molecular complexity index is 1180. The van der Waals surface area contributed by atoms with E-state index < -0.39 is 5.91 Å². The van der Waals surface area contributed by atoms with Gasteiger partial charge in [-0.2, -0.15) is 5.10 Å². The second kappa shape index (κ2) is 9.82. The van der Waals surface area contributed by atoms with Gasteiger partial charge in [-0.15, -0.1) is 0 Å². The summed E-state index contributed by atoms with van der Waals surface area (Å²) in [4.78, 5) is 21.5. The van der Waals surface area contributed by atoms with Crippen molar-refractivity contribution in [1.82, 2.24) is 14.8 Å². The predicted molar refractivity (Wildman–Crippen MR) is 131 cm³/mol. The molecule has 3 rings (SSSR count). The number of hydrogen-bond donors (Lipinski definition) is 3. The Balaban J connectivity index is 2.04. The minimum atomic E-state index is -0.538. The molecule has 0 fully saturated rings. The van der Waals surface area contributed by atoms with E-state index in [0.29, 0.717) is 40.0 Å². The normalized spacial score (nSPS) is 11.5. The zero-order valence-electron chi connectivity index (χ0n) is 19.0. The van der Waals surface area contributed by atoms with E-state index in [1.54, 1.807) is 30.1 Å². The summed E-state index contributed by atoms with van der Waals surface area (Å²) in [5.74, 6) is 0.00478. The maximum absolute atomic E-state index is 12.5. The van der Waals surface area contributed by atoms with Crippen molar-refractivity contribution in [1.29, 1.82) is 0 Å². The van der Waals surface area contributed by atoms with Crippen LogP contribution in [0.3, 0.4) is 0 Å². The lowest BCUT2D eigenvalue weighted by Crippen LogP contribution is -2.18. The molecule has 1 aromatic carbocycles. The van der Waals surface area contributed by atoms with Crippen molar-refractivity contribution in [3.63, 3.8) is 0 Å². The molecule has 0 aliphatic rings. The zero-order chi connectivity index (χ0) is 23.4. The number of benzene rings is 1. The van der Waals surface area contributed by atoms with Crippen LogP contribution in [0.25, 0.3) is 5.82 Å². The highest BCUT2D eigenvalue weighted by Gasteiger charge is 2.21. The van der Waals surface area contributed by atoms with E-state index in [1.807, 2.05) is 39.8 Å². The molecule has 8 nitrogen and oxygen atoms in total. The number of hydrogen-bond acceptors (Lipinski definition) is 6. The van der Waals surface area contributed by atoms with Gasteiger partial charge in [0.1, 0.15) is 0 Å². The fourth-order valence-corrected chi connectivity index (χ4v) is 3.68. The highest BCUT2D eigenvalue weighted by atomic mass is 35.5. The smallest absolute Gasteiger partial charge is 0.253 e. The Labute approximate surface area is 192 Å². The number of amides is 1. The number of halogens is 1. The number of nitrogens with zero attached hydrogens (tertiary/aromatic N) is 4. The molecule has 0 saturated heterocycles. The third kappa shape index (κ3) is 4.75. The number of aliphatic imine (C=N–C) groups is 1. The van der Waals surface area contributed by atoms with E-state index >= 15 is 0 Å². The van der Waals surface area contributed by atoms with Gasteiger partial charge in [0.2, 0.25) is 0 Å². The van der Waals surface area contributed by atoms with E-state index in [0.717, 1.165) is 29.1 Å². The van der Waals surface area contributed by atoms with Gasteiger partial charge in [0.25, 0.3) is 5.91 Å². The van der Waals surface area contributed by atoms with Crippen LogP contribution in [0.2, 0.25) is 5.02 Å². The fraction of sp³-hybridized carbons (Fsp3) is 0.304. The zero-order valence-corrected chi connectivity index (χ0v) is 19.7. The molecule has 0 saturated carbocycles. The first-order chi connectivity index (χ1) is 15.3. The van der Waals surface area contributed by atoms with Crippen LogP contribution in [0.15, 0.2) is 35.5 Å². The quantitative estimate of drug-likeness (QED) is 0.424. The minimum Gasteiger partial charge on any atom is -0.386 e. The number of aromatic nitrogens is 3. The molecule has 32 heavy (non-hydrogen) atoms. The average Bonchev–Trinajstić information content (AvgIpc) is 3.12. The summed E-state index contributed by atoms with van der Waals surface area (Å²) in [7, 11) is 1.75. The number of rotatable bonds is 8. The van der Waals surface area contributed by atoms with Gasteiger partial charge in [0.15, 0.2) is 5.82 Å². The molecule has 1 amide bonds. The maximum Gasteiger partial charge on any atom is 0.253 e. The number of anilines is 2. The van der Waals surface area contributed by atoms with Crippen molar-refractivity contribution in [3.05, 3.63) is 58.0 Å². The summed E-state index contributed by atoms with van der Waals surface area (Å²) in [5.41, 5.74) is 11.6. The first-order valence-corrected chi connectivity index (χ1v) is 10.7. The monoisotopic (exact) mass is 453 g/mol. The second-order valence-corrected chi connectivity index (χ2v) is 7.91. The van der Waals surface area contributed by atoms with Crippen LogP contribution in [-0.2, 0) is 6.54 Å². The number of nitrogens with two attached hydrogens (primary N) is 1. The topological polar surface area (TPSA) is 110 Å². The summed E-state index contributed by atoms with van der Waals surface area (Å²) in [6.45, 7) is 8.20. The van der Waals surface area contributed by atoms with Gasteiger partial charge in [0.05, 0.1) is 45.6 Å². The number of nitrogens with one attached hydrogen (secondary N) is 2. The lowest BCUT2D eigenvalue weighted by molar-refractivity contribution is 0.100. The molecule has 0 aliphatic carbocycles. The van der Waals surface area contributed by atoms with Crippen molar-refractivity contribution in [2.75, 3.05) is 17.7 Å². The van der Waals surface area contributed by atoms with E-state index in [2.05, 4.69) is 25.7 Å². The molecule has 0 bridgehead atoms. The van der Waals surface area contributed by atoms with Gasteiger partial charge < -0.3 is 16.4 Å². The summed E-state index contributed by atoms with van der Waals surface area (Å²) in [6.07, 6.45) is 2.48. The fourth-order valence-electron chi connectivity index (χ4n) is 3.47. The van der Waals surface area contributed by atoms with Gasteiger partial charge in [-0.05, 0) is 57.0 Å². The lowest BCUT2D eigenvalue weighted by atomic mass is 10.0. The molecule has 0 unspecified atom stereocenters. The largest absolute Gasteiger partial charge is 0.386 e. The molecule has 3 aromatic rings.